The highest BCUT2D eigenvalue weighted by atomic mass is 16.5. The summed E-state index contributed by atoms with van der Waals surface area (Å²) in [4.78, 5) is 42.5. The van der Waals surface area contributed by atoms with E-state index in [1.807, 2.05) is 48.2 Å². The van der Waals surface area contributed by atoms with E-state index >= 15 is 0 Å². The third-order valence-electron chi connectivity index (χ3n) is 8.21. The highest BCUT2D eigenvalue weighted by molar-refractivity contribution is 5.97. The lowest BCUT2D eigenvalue weighted by Gasteiger charge is -2.35. The molecule has 8 nitrogen and oxygen atoms in total. The van der Waals surface area contributed by atoms with Gasteiger partial charge in [-0.15, -0.1) is 0 Å². The van der Waals surface area contributed by atoms with Crippen molar-refractivity contribution < 1.29 is 23.9 Å². The van der Waals surface area contributed by atoms with E-state index in [0.717, 1.165) is 67.7 Å². The molecule has 2 amide bonds. The van der Waals surface area contributed by atoms with Gasteiger partial charge in [-0.05, 0) is 63.3 Å². The van der Waals surface area contributed by atoms with E-state index in [2.05, 4.69) is 11.4 Å². The number of likely N-dealkylation sites (tertiary alicyclic amines) is 1. The van der Waals surface area contributed by atoms with Crippen molar-refractivity contribution in [3.63, 3.8) is 0 Å². The predicted molar refractivity (Wildman–Crippen MR) is 159 cm³/mol. The zero-order valence-electron chi connectivity index (χ0n) is 24.8. The normalized spacial score (nSPS) is 17.6. The average molecular weight is 564 g/mol. The molecule has 2 aromatic carbocycles. The number of nitrogens with zero attached hydrogens (tertiary/aromatic N) is 2. The van der Waals surface area contributed by atoms with Crippen LogP contribution in [-0.4, -0.2) is 73.3 Å². The first-order valence-corrected chi connectivity index (χ1v) is 15.1. The summed E-state index contributed by atoms with van der Waals surface area (Å²) in [5.41, 5.74) is 2.68. The third-order valence-corrected chi connectivity index (χ3v) is 8.21. The lowest BCUT2D eigenvalue weighted by Crippen LogP contribution is -2.44. The van der Waals surface area contributed by atoms with Gasteiger partial charge in [0.05, 0.1) is 26.8 Å². The summed E-state index contributed by atoms with van der Waals surface area (Å²) in [7, 11) is 1.63. The van der Waals surface area contributed by atoms with Crippen molar-refractivity contribution in [1.82, 2.24) is 15.1 Å². The molecule has 2 fully saturated rings. The molecule has 8 heteroatoms. The number of ether oxygens (including phenoxy) is 2. The maximum atomic E-state index is 13.6. The Morgan fingerprint density at radius 1 is 1.02 bits per heavy atom. The Kier molecular flexibility index (Phi) is 11.2. The molecule has 0 aromatic heterocycles. The summed E-state index contributed by atoms with van der Waals surface area (Å²) in [5.74, 6) is 1.67. The predicted octanol–water partition coefficient (Wildman–Crippen LogP) is 4.95. The fourth-order valence-electron chi connectivity index (χ4n) is 6.08. The summed E-state index contributed by atoms with van der Waals surface area (Å²) in [5, 5.41) is 3.28. The quantitative estimate of drug-likeness (QED) is 0.393. The highest BCUT2D eigenvalue weighted by Gasteiger charge is 2.29. The molecule has 1 aliphatic heterocycles. The van der Waals surface area contributed by atoms with Crippen LogP contribution in [0, 0.1) is 0 Å². The van der Waals surface area contributed by atoms with E-state index in [9.17, 15) is 14.4 Å². The molecule has 0 bridgehead atoms. The molecule has 0 radical (unpaired) electrons. The number of carbonyl (C=O) groups is 3. The second-order valence-corrected chi connectivity index (χ2v) is 11.2. The molecule has 0 spiro atoms. The first-order chi connectivity index (χ1) is 19.9. The van der Waals surface area contributed by atoms with Crippen molar-refractivity contribution in [2.24, 2.45) is 0 Å². The summed E-state index contributed by atoms with van der Waals surface area (Å²) in [6.07, 6.45) is 7.19. The third kappa shape index (κ3) is 8.32. The van der Waals surface area contributed by atoms with E-state index < -0.39 is 0 Å². The van der Waals surface area contributed by atoms with Crippen molar-refractivity contribution in [2.45, 2.75) is 77.3 Å². The number of ketones is 1. The van der Waals surface area contributed by atoms with Crippen molar-refractivity contribution in [2.75, 3.05) is 39.9 Å². The van der Waals surface area contributed by atoms with Gasteiger partial charge in [0.25, 0.3) is 5.91 Å². The SMILES string of the molecule is CCOc1cc(OC)ccc1CNCC(=O)N1CCCC(c2cccc(C(=O)N(CC(C)=O)C3CCCCC3)c2)C1. The molecular formula is C33H45N3O5. The van der Waals surface area contributed by atoms with Gasteiger partial charge in [-0.1, -0.05) is 37.5 Å². The Morgan fingerprint density at radius 3 is 2.56 bits per heavy atom. The van der Waals surface area contributed by atoms with Crippen LogP contribution in [0.1, 0.15) is 86.2 Å². The van der Waals surface area contributed by atoms with Crippen LogP contribution in [0.5, 0.6) is 11.5 Å². The fourth-order valence-corrected chi connectivity index (χ4v) is 6.08. The van der Waals surface area contributed by atoms with Crippen molar-refractivity contribution in [3.05, 3.63) is 59.2 Å². The molecule has 41 heavy (non-hydrogen) atoms. The maximum Gasteiger partial charge on any atom is 0.254 e. The molecule has 1 heterocycles. The number of amides is 2. The number of rotatable bonds is 12. The van der Waals surface area contributed by atoms with Gasteiger partial charge in [-0.2, -0.15) is 0 Å². The summed E-state index contributed by atoms with van der Waals surface area (Å²) >= 11 is 0. The molecule has 1 aliphatic carbocycles. The van der Waals surface area contributed by atoms with Crippen LogP contribution in [0.3, 0.4) is 0 Å². The van der Waals surface area contributed by atoms with Crippen molar-refractivity contribution in [1.29, 1.82) is 0 Å². The van der Waals surface area contributed by atoms with Crippen molar-refractivity contribution in [3.8, 4) is 11.5 Å². The molecule has 4 rings (SSSR count). The minimum atomic E-state index is -0.0631. The minimum Gasteiger partial charge on any atom is -0.497 e. The molecule has 1 saturated carbocycles. The Bertz CT molecular complexity index is 1190. The number of Topliss-reactive ketones (excluding diaryl/α,β-unsaturated/α-hetero) is 1. The Hall–Kier alpha value is -3.39. The number of hydrogen-bond acceptors (Lipinski definition) is 6. The highest BCUT2D eigenvalue weighted by Crippen LogP contribution is 2.29. The summed E-state index contributed by atoms with van der Waals surface area (Å²) in [6, 6.07) is 13.7. The molecular weight excluding hydrogens is 518 g/mol. The van der Waals surface area contributed by atoms with Gasteiger partial charge in [0.15, 0.2) is 0 Å². The topological polar surface area (TPSA) is 88.2 Å². The standard InChI is InChI=1S/C33H45N3O5/c1-4-41-31-19-30(40-3)16-15-27(31)20-34-21-32(38)35-17-9-12-28(23-35)25-10-8-11-26(18-25)33(39)36(22-24(2)37)29-13-6-5-7-14-29/h8,10-11,15-16,18-19,28-29,34H,4-7,9,12-14,17,20-23H2,1-3H3. The van der Waals surface area contributed by atoms with Crippen LogP contribution < -0.4 is 14.8 Å². The van der Waals surface area contributed by atoms with Crippen LogP contribution in [0.15, 0.2) is 42.5 Å². The van der Waals surface area contributed by atoms with Crippen LogP contribution in [-0.2, 0) is 16.1 Å². The summed E-state index contributed by atoms with van der Waals surface area (Å²) < 4.78 is 11.1. The number of carbonyl (C=O) groups excluding carboxylic acids is 3. The monoisotopic (exact) mass is 563 g/mol. The minimum absolute atomic E-state index is 0.0104. The van der Waals surface area contributed by atoms with Gasteiger partial charge in [0, 0.05) is 48.8 Å². The molecule has 2 aliphatic rings. The maximum absolute atomic E-state index is 13.6. The number of methoxy groups -OCH3 is 1. The van der Waals surface area contributed by atoms with Crippen molar-refractivity contribution >= 4 is 17.6 Å². The van der Waals surface area contributed by atoms with Crippen LogP contribution in [0.2, 0.25) is 0 Å². The summed E-state index contributed by atoms with van der Waals surface area (Å²) in [6.45, 7) is 6.33. The van der Waals surface area contributed by atoms with E-state index in [0.29, 0.717) is 25.3 Å². The Labute approximate surface area is 244 Å². The molecule has 1 atom stereocenters. The largest absolute Gasteiger partial charge is 0.497 e. The van der Waals surface area contributed by atoms with E-state index in [4.69, 9.17) is 9.47 Å². The number of hydrogen-bond donors (Lipinski definition) is 1. The number of nitrogens with one attached hydrogen (secondary N) is 1. The van der Waals surface area contributed by atoms with Gasteiger partial charge in [-0.25, -0.2) is 0 Å². The molecule has 2 aromatic rings. The smallest absolute Gasteiger partial charge is 0.254 e. The number of piperidine rings is 1. The van der Waals surface area contributed by atoms with Crippen LogP contribution in [0.25, 0.3) is 0 Å². The first kappa shape index (κ1) is 30.6. The van der Waals surface area contributed by atoms with E-state index in [1.165, 1.54) is 6.42 Å². The number of benzene rings is 2. The molecule has 222 valence electrons. The van der Waals surface area contributed by atoms with Gasteiger partial charge in [0.1, 0.15) is 17.3 Å². The lowest BCUT2D eigenvalue weighted by atomic mass is 9.89. The average Bonchev–Trinajstić information content (AvgIpc) is 3.00. The first-order valence-electron chi connectivity index (χ1n) is 15.1. The Balaban J connectivity index is 1.37. The molecule has 1 unspecified atom stereocenters. The Morgan fingerprint density at radius 2 is 1.83 bits per heavy atom. The van der Waals surface area contributed by atoms with Gasteiger partial charge in [0.2, 0.25) is 5.91 Å². The van der Waals surface area contributed by atoms with Gasteiger partial charge < -0.3 is 24.6 Å². The second-order valence-electron chi connectivity index (χ2n) is 11.2. The fraction of sp³-hybridized carbons (Fsp3) is 0.545. The second kappa shape index (κ2) is 15.0. The van der Waals surface area contributed by atoms with E-state index in [1.54, 1.807) is 18.9 Å². The van der Waals surface area contributed by atoms with Crippen LogP contribution >= 0.6 is 0 Å². The zero-order chi connectivity index (χ0) is 29.2. The lowest BCUT2D eigenvalue weighted by molar-refractivity contribution is -0.131. The van der Waals surface area contributed by atoms with Crippen LogP contribution in [0.4, 0.5) is 0 Å². The molecule has 1 saturated heterocycles. The zero-order valence-corrected chi connectivity index (χ0v) is 24.8. The van der Waals surface area contributed by atoms with E-state index in [-0.39, 0.29) is 42.6 Å². The van der Waals surface area contributed by atoms with Gasteiger partial charge >= 0.3 is 0 Å². The van der Waals surface area contributed by atoms with Gasteiger partial charge in [-0.3, -0.25) is 14.4 Å². The molecule has 1 N–H and O–H groups in total.